The van der Waals surface area contributed by atoms with Crippen molar-refractivity contribution in [3.63, 3.8) is 0 Å². The van der Waals surface area contributed by atoms with Crippen LogP contribution in [0.15, 0.2) is 17.5 Å². The quantitative estimate of drug-likeness (QED) is 0.846. The number of rotatable bonds is 4. The molecule has 0 aromatic carbocycles. The molecule has 1 aromatic heterocycles. The molecule has 1 aliphatic rings. The van der Waals surface area contributed by atoms with Gasteiger partial charge in [0.15, 0.2) is 0 Å². The molecule has 0 saturated carbocycles. The molecule has 106 valence electrons. The van der Waals surface area contributed by atoms with Crippen molar-refractivity contribution >= 4 is 17.2 Å². The van der Waals surface area contributed by atoms with Gasteiger partial charge in [-0.3, -0.25) is 4.79 Å². The van der Waals surface area contributed by atoms with Gasteiger partial charge in [0, 0.05) is 30.4 Å². The number of carbonyl (C=O) groups is 1. The van der Waals surface area contributed by atoms with Crippen LogP contribution >= 0.6 is 11.3 Å². The average Bonchev–Trinajstić information content (AvgIpc) is 2.77. The number of aryl methyl sites for hydroxylation is 1. The monoisotopic (exact) mass is 280 g/mol. The molecule has 1 unspecified atom stereocenters. The number of hydrogen-bond donors (Lipinski definition) is 0. The van der Waals surface area contributed by atoms with E-state index in [1.54, 1.807) is 11.3 Å². The van der Waals surface area contributed by atoms with Crippen LogP contribution < -0.4 is 0 Å². The van der Waals surface area contributed by atoms with Gasteiger partial charge in [0.2, 0.25) is 5.91 Å². The zero-order valence-corrected chi connectivity index (χ0v) is 12.8. The minimum absolute atomic E-state index is 0.327. The SMILES string of the molecule is CN(C)C1CCCN(C(=O)CCc2cccs2)CC1. The molecule has 1 aliphatic heterocycles. The number of likely N-dealkylation sites (tertiary alicyclic amines) is 1. The van der Waals surface area contributed by atoms with E-state index in [1.165, 1.54) is 11.3 Å². The maximum Gasteiger partial charge on any atom is 0.222 e. The third kappa shape index (κ3) is 4.32. The molecule has 1 atom stereocenters. The van der Waals surface area contributed by atoms with Crippen molar-refractivity contribution in [2.75, 3.05) is 27.2 Å². The Hall–Kier alpha value is -0.870. The zero-order valence-electron chi connectivity index (χ0n) is 12.0. The molecule has 19 heavy (non-hydrogen) atoms. The second kappa shape index (κ2) is 7.06. The second-order valence-corrected chi connectivity index (χ2v) is 6.54. The van der Waals surface area contributed by atoms with Gasteiger partial charge in [-0.2, -0.15) is 0 Å². The van der Waals surface area contributed by atoms with Gasteiger partial charge in [0.25, 0.3) is 0 Å². The Balaban J connectivity index is 1.79. The summed E-state index contributed by atoms with van der Waals surface area (Å²) in [7, 11) is 4.28. The van der Waals surface area contributed by atoms with E-state index in [0.717, 1.165) is 32.4 Å². The Morgan fingerprint density at radius 3 is 2.95 bits per heavy atom. The van der Waals surface area contributed by atoms with E-state index < -0.39 is 0 Å². The highest BCUT2D eigenvalue weighted by Gasteiger charge is 2.21. The predicted molar refractivity (Wildman–Crippen MR) is 80.5 cm³/mol. The topological polar surface area (TPSA) is 23.6 Å². The fourth-order valence-electron chi connectivity index (χ4n) is 2.69. The van der Waals surface area contributed by atoms with E-state index in [0.29, 0.717) is 18.4 Å². The molecule has 0 bridgehead atoms. The van der Waals surface area contributed by atoms with Gasteiger partial charge in [-0.05, 0) is 51.2 Å². The average molecular weight is 280 g/mol. The molecule has 2 rings (SSSR count). The Kier molecular flexibility index (Phi) is 5.40. The first-order chi connectivity index (χ1) is 9.16. The molecule has 1 amide bonds. The van der Waals surface area contributed by atoms with Gasteiger partial charge in [-0.25, -0.2) is 0 Å². The lowest BCUT2D eigenvalue weighted by molar-refractivity contribution is -0.131. The number of nitrogens with zero attached hydrogens (tertiary/aromatic N) is 2. The Labute approximate surface area is 120 Å². The summed E-state index contributed by atoms with van der Waals surface area (Å²) >= 11 is 1.74. The van der Waals surface area contributed by atoms with Crippen LogP contribution in [0.2, 0.25) is 0 Å². The van der Waals surface area contributed by atoms with Gasteiger partial charge in [-0.1, -0.05) is 6.07 Å². The van der Waals surface area contributed by atoms with Crippen molar-refractivity contribution < 1.29 is 4.79 Å². The molecule has 0 N–H and O–H groups in total. The first-order valence-corrected chi connectivity index (χ1v) is 8.01. The van der Waals surface area contributed by atoms with Crippen LogP contribution in [-0.4, -0.2) is 48.9 Å². The van der Waals surface area contributed by atoms with Crippen LogP contribution in [-0.2, 0) is 11.2 Å². The standard InChI is InChI=1S/C15H24N2OS/c1-16(2)13-5-3-10-17(11-9-13)15(18)8-7-14-6-4-12-19-14/h4,6,12-13H,3,5,7-11H2,1-2H3. The van der Waals surface area contributed by atoms with Crippen LogP contribution in [0.4, 0.5) is 0 Å². The third-order valence-corrected chi connectivity index (χ3v) is 4.88. The van der Waals surface area contributed by atoms with E-state index in [4.69, 9.17) is 0 Å². The smallest absolute Gasteiger partial charge is 0.222 e. The summed E-state index contributed by atoms with van der Waals surface area (Å²) in [4.78, 5) is 17.9. The van der Waals surface area contributed by atoms with Crippen molar-refractivity contribution in [3.05, 3.63) is 22.4 Å². The summed E-state index contributed by atoms with van der Waals surface area (Å²) in [6.07, 6.45) is 5.00. The molecule has 1 aromatic rings. The Morgan fingerprint density at radius 1 is 1.42 bits per heavy atom. The third-order valence-electron chi connectivity index (χ3n) is 3.95. The van der Waals surface area contributed by atoms with Crippen LogP contribution in [0.5, 0.6) is 0 Å². The highest BCUT2D eigenvalue weighted by Crippen LogP contribution is 2.17. The lowest BCUT2D eigenvalue weighted by Gasteiger charge is -2.23. The number of amides is 1. The molecule has 2 heterocycles. The normalized spacial score (nSPS) is 20.6. The summed E-state index contributed by atoms with van der Waals surface area (Å²) in [6, 6.07) is 4.80. The Morgan fingerprint density at radius 2 is 2.26 bits per heavy atom. The van der Waals surface area contributed by atoms with Gasteiger partial charge in [0.1, 0.15) is 0 Å². The van der Waals surface area contributed by atoms with E-state index in [9.17, 15) is 4.79 Å². The van der Waals surface area contributed by atoms with Crippen molar-refractivity contribution in [2.45, 2.75) is 38.1 Å². The maximum absolute atomic E-state index is 12.2. The van der Waals surface area contributed by atoms with E-state index >= 15 is 0 Å². The first-order valence-electron chi connectivity index (χ1n) is 7.13. The minimum Gasteiger partial charge on any atom is -0.343 e. The molecule has 0 radical (unpaired) electrons. The van der Waals surface area contributed by atoms with Crippen molar-refractivity contribution in [1.29, 1.82) is 0 Å². The van der Waals surface area contributed by atoms with Gasteiger partial charge in [0.05, 0.1) is 0 Å². The summed E-state index contributed by atoms with van der Waals surface area (Å²) < 4.78 is 0. The van der Waals surface area contributed by atoms with Gasteiger partial charge in [-0.15, -0.1) is 11.3 Å². The number of carbonyl (C=O) groups excluding carboxylic acids is 1. The van der Waals surface area contributed by atoms with Crippen LogP contribution in [0.25, 0.3) is 0 Å². The van der Waals surface area contributed by atoms with Crippen LogP contribution in [0.3, 0.4) is 0 Å². The summed E-state index contributed by atoms with van der Waals surface area (Å²) in [5.41, 5.74) is 0. The molecule has 1 fully saturated rings. The predicted octanol–water partition coefficient (Wildman–Crippen LogP) is 2.62. The van der Waals surface area contributed by atoms with Gasteiger partial charge < -0.3 is 9.80 Å². The highest BCUT2D eigenvalue weighted by molar-refractivity contribution is 7.09. The maximum atomic E-state index is 12.2. The summed E-state index contributed by atoms with van der Waals surface area (Å²) in [5, 5.41) is 2.08. The van der Waals surface area contributed by atoms with Crippen molar-refractivity contribution in [2.24, 2.45) is 0 Å². The molecule has 1 saturated heterocycles. The fraction of sp³-hybridized carbons (Fsp3) is 0.667. The lowest BCUT2D eigenvalue weighted by atomic mass is 10.1. The lowest BCUT2D eigenvalue weighted by Crippen LogP contribution is -2.33. The van der Waals surface area contributed by atoms with E-state index in [-0.39, 0.29) is 0 Å². The molecule has 3 nitrogen and oxygen atoms in total. The van der Waals surface area contributed by atoms with E-state index in [1.807, 2.05) is 0 Å². The summed E-state index contributed by atoms with van der Waals surface area (Å²) in [6.45, 7) is 1.86. The summed E-state index contributed by atoms with van der Waals surface area (Å²) in [5.74, 6) is 0.327. The molecular formula is C15H24N2OS. The van der Waals surface area contributed by atoms with Crippen molar-refractivity contribution in [1.82, 2.24) is 9.80 Å². The first kappa shape index (κ1) is 14.5. The molecular weight excluding hydrogens is 256 g/mol. The Bertz CT molecular complexity index is 389. The van der Waals surface area contributed by atoms with Gasteiger partial charge >= 0.3 is 0 Å². The van der Waals surface area contributed by atoms with Crippen LogP contribution in [0, 0.1) is 0 Å². The second-order valence-electron chi connectivity index (χ2n) is 5.51. The molecule has 4 heteroatoms. The fourth-order valence-corrected chi connectivity index (χ4v) is 3.40. The molecule has 0 aliphatic carbocycles. The van der Waals surface area contributed by atoms with Crippen LogP contribution in [0.1, 0.15) is 30.6 Å². The number of thiophene rings is 1. The minimum atomic E-state index is 0.327. The molecule has 0 spiro atoms. The van der Waals surface area contributed by atoms with E-state index in [2.05, 4.69) is 41.4 Å². The number of hydrogen-bond acceptors (Lipinski definition) is 3. The highest BCUT2D eigenvalue weighted by atomic mass is 32.1. The zero-order chi connectivity index (χ0) is 13.7. The van der Waals surface area contributed by atoms with Crippen molar-refractivity contribution in [3.8, 4) is 0 Å². The largest absolute Gasteiger partial charge is 0.343 e.